The molecule has 23 heavy (non-hydrogen) atoms. The van der Waals surface area contributed by atoms with Crippen LogP contribution >= 0.6 is 0 Å². The average Bonchev–Trinajstić information content (AvgIpc) is 2.84. The van der Waals surface area contributed by atoms with Crippen LogP contribution in [-0.4, -0.2) is 30.3 Å². The van der Waals surface area contributed by atoms with E-state index in [0.29, 0.717) is 0 Å². The molecule has 0 radical (unpaired) electrons. The monoisotopic (exact) mass is 305 g/mol. The fourth-order valence-corrected chi connectivity index (χ4v) is 2.85. The fraction of sp³-hybridized carbons (Fsp3) is 0.111. The van der Waals surface area contributed by atoms with Crippen LogP contribution in [0.4, 0.5) is 5.69 Å². The van der Waals surface area contributed by atoms with E-state index in [-0.39, 0.29) is 12.5 Å². The Bertz CT molecular complexity index is 926. The molecule has 1 amide bonds. The molecule has 0 fully saturated rings. The number of fused-ring (bicyclic) bond motifs is 3. The van der Waals surface area contributed by atoms with E-state index in [4.69, 9.17) is 4.74 Å². The molecule has 0 aliphatic carbocycles. The van der Waals surface area contributed by atoms with Crippen molar-refractivity contribution >= 4 is 28.2 Å². The number of rotatable bonds is 2. The predicted molar refractivity (Wildman–Crippen MR) is 90.4 cm³/mol. The SMILES string of the molecule is COc1ccc2[nH]c3c(c2c1)NC(=O)CN=C3c1ccccc1. The summed E-state index contributed by atoms with van der Waals surface area (Å²) in [6, 6.07) is 15.6. The van der Waals surface area contributed by atoms with E-state index >= 15 is 0 Å². The van der Waals surface area contributed by atoms with Gasteiger partial charge in [0.2, 0.25) is 5.91 Å². The molecule has 1 aromatic heterocycles. The van der Waals surface area contributed by atoms with Crippen molar-refractivity contribution in [2.45, 2.75) is 0 Å². The molecule has 0 unspecified atom stereocenters. The number of carbonyl (C=O) groups is 1. The third-order valence-electron chi connectivity index (χ3n) is 3.93. The zero-order chi connectivity index (χ0) is 15.8. The Balaban J connectivity index is 1.97. The molecular formula is C18H15N3O2. The van der Waals surface area contributed by atoms with E-state index in [1.807, 2.05) is 48.5 Å². The van der Waals surface area contributed by atoms with Crippen molar-refractivity contribution in [2.24, 2.45) is 4.99 Å². The summed E-state index contributed by atoms with van der Waals surface area (Å²) in [5, 5.41) is 3.87. The molecule has 2 N–H and O–H groups in total. The molecule has 0 atom stereocenters. The molecular weight excluding hydrogens is 290 g/mol. The van der Waals surface area contributed by atoms with Crippen LogP contribution in [0.2, 0.25) is 0 Å². The zero-order valence-electron chi connectivity index (χ0n) is 12.6. The second-order valence-corrected chi connectivity index (χ2v) is 5.37. The molecule has 1 aliphatic rings. The van der Waals surface area contributed by atoms with Crippen LogP contribution in [0.5, 0.6) is 5.75 Å². The van der Waals surface area contributed by atoms with E-state index in [9.17, 15) is 4.79 Å². The number of carbonyl (C=O) groups excluding carboxylic acids is 1. The van der Waals surface area contributed by atoms with E-state index in [0.717, 1.165) is 39.3 Å². The lowest BCUT2D eigenvalue weighted by Gasteiger charge is -2.05. The lowest BCUT2D eigenvalue weighted by molar-refractivity contribution is -0.114. The summed E-state index contributed by atoms with van der Waals surface area (Å²) in [4.78, 5) is 19.9. The van der Waals surface area contributed by atoms with Crippen molar-refractivity contribution in [2.75, 3.05) is 19.0 Å². The molecule has 114 valence electrons. The number of nitrogens with zero attached hydrogens (tertiary/aromatic N) is 1. The first-order valence-corrected chi connectivity index (χ1v) is 7.36. The Labute approximate surface area is 133 Å². The van der Waals surface area contributed by atoms with E-state index in [1.165, 1.54) is 0 Å². The fourth-order valence-electron chi connectivity index (χ4n) is 2.85. The summed E-state index contributed by atoms with van der Waals surface area (Å²) >= 11 is 0. The Kier molecular flexibility index (Phi) is 3.12. The van der Waals surface area contributed by atoms with Gasteiger partial charge >= 0.3 is 0 Å². The van der Waals surface area contributed by atoms with Crippen LogP contribution in [0.15, 0.2) is 53.5 Å². The normalized spacial score (nSPS) is 14.0. The number of ether oxygens (including phenoxy) is 1. The van der Waals surface area contributed by atoms with Crippen molar-refractivity contribution in [1.29, 1.82) is 0 Å². The van der Waals surface area contributed by atoms with Crippen LogP contribution in [0, 0.1) is 0 Å². The van der Waals surface area contributed by atoms with Crippen LogP contribution < -0.4 is 10.1 Å². The standard InChI is InChI=1S/C18H15N3O2/c1-23-12-7-8-14-13(9-12)17-18(20-14)16(19-10-15(22)21-17)11-5-3-2-4-6-11/h2-9,20H,10H2,1H3,(H,21,22). The van der Waals surface area contributed by atoms with Crippen molar-refractivity contribution in [3.8, 4) is 5.75 Å². The summed E-state index contributed by atoms with van der Waals surface area (Å²) in [6.07, 6.45) is 0. The molecule has 2 aromatic carbocycles. The number of aromatic nitrogens is 1. The number of hydrogen-bond acceptors (Lipinski definition) is 3. The lowest BCUT2D eigenvalue weighted by atomic mass is 10.1. The van der Waals surface area contributed by atoms with Gasteiger partial charge in [0.05, 0.1) is 24.2 Å². The number of anilines is 1. The summed E-state index contributed by atoms with van der Waals surface area (Å²) in [5.41, 5.74) is 4.27. The predicted octanol–water partition coefficient (Wildman–Crippen LogP) is 2.97. The molecule has 4 rings (SSSR count). The third-order valence-corrected chi connectivity index (χ3v) is 3.93. The highest BCUT2D eigenvalue weighted by atomic mass is 16.5. The first-order valence-electron chi connectivity index (χ1n) is 7.36. The minimum absolute atomic E-state index is 0.109. The molecule has 0 saturated heterocycles. The maximum atomic E-state index is 12.1. The smallest absolute Gasteiger partial charge is 0.246 e. The molecule has 2 heterocycles. The number of benzene rings is 2. The van der Waals surface area contributed by atoms with Crippen molar-refractivity contribution in [1.82, 2.24) is 4.98 Å². The zero-order valence-corrected chi connectivity index (χ0v) is 12.6. The number of aromatic amines is 1. The van der Waals surface area contributed by atoms with Gasteiger partial charge in [-0.2, -0.15) is 0 Å². The quantitative estimate of drug-likeness (QED) is 0.764. The molecule has 5 heteroatoms. The number of amides is 1. The number of methoxy groups -OCH3 is 1. The van der Waals surface area contributed by atoms with Gasteiger partial charge in [0.15, 0.2) is 0 Å². The highest BCUT2D eigenvalue weighted by molar-refractivity contribution is 6.22. The summed E-state index contributed by atoms with van der Waals surface area (Å²) in [6.45, 7) is 0.109. The van der Waals surface area contributed by atoms with Gasteiger partial charge in [0.25, 0.3) is 0 Å². The minimum atomic E-state index is -0.124. The number of hydrogen-bond donors (Lipinski definition) is 2. The molecule has 0 saturated carbocycles. The molecule has 3 aromatic rings. The average molecular weight is 305 g/mol. The van der Waals surface area contributed by atoms with Gasteiger partial charge in [-0.25, -0.2) is 0 Å². The second kappa shape index (κ2) is 5.28. The van der Waals surface area contributed by atoms with Gasteiger partial charge in [0, 0.05) is 16.5 Å². The Hall–Kier alpha value is -3.08. The van der Waals surface area contributed by atoms with E-state index < -0.39 is 0 Å². The second-order valence-electron chi connectivity index (χ2n) is 5.37. The van der Waals surface area contributed by atoms with Crippen molar-refractivity contribution in [3.63, 3.8) is 0 Å². The highest BCUT2D eigenvalue weighted by Crippen LogP contribution is 2.33. The number of aliphatic imine (C=N–C) groups is 1. The Morgan fingerprint density at radius 1 is 1.13 bits per heavy atom. The number of nitrogens with one attached hydrogen (secondary N) is 2. The molecule has 1 aliphatic heterocycles. The van der Waals surface area contributed by atoms with Gasteiger partial charge < -0.3 is 15.0 Å². The van der Waals surface area contributed by atoms with Gasteiger partial charge in [0.1, 0.15) is 12.3 Å². The van der Waals surface area contributed by atoms with Crippen LogP contribution in [0.3, 0.4) is 0 Å². The summed E-state index contributed by atoms with van der Waals surface area (Å²) < 4.78 is 5.30. The Morgan fingerprint density at radius 2 is 1.96 bits per heavy atom. The third kappa shape index (κ3) is 2.26. The van der Waals surface area contributed by atoms with E-state index in [2.05, 4.69) is 15.3 Å². The minimum Gasteiger partial charge on any atom is -0.497 e. The van der Waals surface area contributed by atoms with Gasteiger partial charge in [-0.3, -0.25) is 9.79 Å². The molecule has 0 bridgehead atoms. The maximum Gasteiger partial charge on any atom is 0.246 e. The van der Waals surface area contributed by atoms with Gasteiger partial charge in [-0.15, -0.1) is 0 Å². The van der Waals surface area contributed by atoms with Crippen molar-refractivity contribution in [3.05, 3.63) is 59.8 Å². The first kappa shape index (κ1) is 13.6. The summed E-state index contributed by atoms with van der Waals surface area (Å²) in [7, 11) is 1.63. The van der Waals surface area contributed by atoms with Gasteiger partial charge in [-0.05, 0) is 18.2 Å². The van der Waals surface area contributed by atoms with Crippen LogP contribution in [-0.2, 0) is 4.79 Å². The van der Waals surface area contributed by atoms with E-state index in [1.54, 1.807) is 7.11 Å². The van der Waals surface area contributed by atoms with Crippen LogP contribution in [0.25, 0.3) is 10.9 Å². The molecule has 0 spiro atoms. The number of H-pyrrole nitrogens is 1. The van der Waals surface area contributed by atoms with Crippen LogP contribution in [0.1, 0.15) is 11.3 Å². The molecule has 5 nitrogen and oxygen atoms in total. The highest BCUT2D eigenvalue weighted by Gasteiger charge is 2.22. The van der Waals surface area contributed by atoms with Crippen molar-refractivity contribution < 1.29 is 9.53 Å². The Morgan fingerprint density at radius 3 is 2.74 bits per heavy atom. The van der Waals surface area contributed by atoms with Gasteiger partial charge in [-0.1, -0.05) is 30.3 Å². The largest absolute Gasteiger partial charge is 0.497 e. The summed E-state index contributed by atoms with van der Waals surface area (Å²) in [5.74, 6) is 0.622. The lowest BCUT2D eigenvalue weighted by Crippen LogP contribution is -2.13. The topological polar surface area (TPSA) is 66.5 Å². The maximum absolute atomic E-state index is 12.1. The first-order chi connectivity index (χ1) is 11.3.